The number of carbonyl (C=O) groups is 1. The Morgan fingerprint density at radius 2 is 1.85 bits per heavy atom. The molecule has 0 saturated heterocycles. The summed E-state index contributed by atoms with van der Waals surface area (Å²) in [6.45, 7) is 8.84. The number of aromatic nitrogens is 1. The molecule has 0 saturated carbocycles. The van der Waals surface area contributed by atoms with Crippen LogP contribution in [0.4, 0.5) is 0 Å². The van der Waals surface area contributed by atoms with Gasteiger partial charge in [0.1, 0.15) is 5.75 Å². The number of rotatable bonds is 7. The van der Waals surface area contributed by atoms with Crippen LogP contribution in [0.5, 0.6) is 5.75 Å². The van der Waals surface area contributed by atoms with Crippen molar-refractivity contribution in [3.8, 4) is 16.3 Å². The van der Waals surface area contributed by atoms with Crippen LogP contribution in [-0.2, 0) is 0 Å². The van der Waals surface area contributed by atoms with E-state index in [1.165, 1.54) is 4.88 Å². The normalized spacial score (nSPS) is 11.7. The Kier molecular flexibility index (Phi) is 6.84. The van der Waals surface area contributed by atoms with Crippen LogP contribution in [0.3, 0.4) is 0 Å². The average molecular weight is 458 g/mol. The van der Waals surface area contributed by atoms with E-state index in [1.54, 1.807) is 11.3 Å². The fourth-order valence-electron chi connectivity index (χ4n) is 3.38. The number of hydrogen-bond donors (Lipinski definition) is 1. The molecule has 4 aromatic rings. The molecule has 0 aliphatic carbocycles. The number of nitrogens with zero attached hydrogens (tertiary/aromatic N) is 2. The van der Waals surface area contributed by atoms with Crippen molar-refractivity contribution < 1.29 is 9.53 Å². The number of para-hydroxylation sites is 1. The number of aryl methyl sites for hydroxylation is 1. The Balaban J connectivity index is 1.56. The quantitative estimate of drug-likeness (QED) is 0.256. The number of pyridine rings is 1. The molecule has 0 unspecified atom stereocenters. The van der Waals surface area contributed by atoms with Crippen molar-refractivity contribution >= 4 is 33.9 Å². The van der Waals surface area contributed by atoms with Gasteiger partial charge in [0, 0.05) is 10.3 Å². The fraction of sp³-hybridized carbons (Fsp3) is 0.222. The third-order valence-electron chi connectivity index (χ3n) is 5.13. The first-order valence-electron chi connectivity index (χ1n) is 10.9. The van der Waals surface area contributed by atoms with Crippen molar-refractivity contribution in [3.05, 3.63) is 82.7 Å². The molecule has 0 spiro atoms. The van der Waals surface area contributed by atoms with Gasteiger partial charge in [-0.2, -0.15) is 5.10 Å². The average Bonchev–Trinajstić information content (AvgIpc) is 3.26. The predicted octanol–water partition coefficient (Wildman–Crippen LogP) is 6.46. The third kappa shape index (κ3) is 5.46. The van der Waals surface area contributed by atoms with E-state index >= 15 is 0 Å². The minimum Gasteiger partial charge on any atom is -0.493 e. The Hall–Kier alpha value is -3.51. The molecule has 1 N–H and O–H groups in total. The Labute approximate surface area is 198 Å². The molecule has 4 rings (SSSR count). The fourth-order valence-corrected chi connectivity index (χ4v) is 4.20. The van der Waals surface area contributed by atoms with Gasteiger partial charge < -0.3 is 4.74 Å². The summed E-state index contributed by atoms with van der Waals surface area (Å²) in [6, 6.07) is 21.3. The largest absolute Gasteiger partial charge is 0.493 e. The number of hydrazone groups is 1. The monoisotopic (exact) mass is 457 g/mol. The second-order valence-electron chi connectivity index (χ2n) is 8.35. The van der Waals surface area contributed by atoms with Crippen molar-refractivity contribution in [2.45, 2.75) is 27.7 Å². The van der Waals surface area contributed by atoms with Gasteiger partial charge in [-0.25, -0.2) is 10.4 Å². The number of hydrogen-bond acceptors (Lipinski definition) is 5. The van der Waals surface area contributed by atoms with Crippen LogP contribution >= 0.6 is 11.3 Å². The lowest BCUT2D eigenvalue weighted by Crippen LogP contribution is -2.20. The van der Waals surface area contributed by atoms with E-state index in [4.69, 9.17) is 9.72 Å². The molecule has 0 aliphatic heterocycles. The van der Waals surface area contributed by atoms with Crippen molar-refractivity contribution in [3.63, 3.8) is 0 Å². The zero-order valence-electron chi connectivity index (χ0n) is 19.3. The van der Waals surface area contributed by atoms with Crippen LogP contribution in [0.25, 0.3) is 21.5 Å². The van der Waals surface area contributed by atoms with E-state index in [-0.39, 0.29) is 5.91 Å². The molecule has 33 heavy (non-hydrogen) atoms. The van der Waals surface area contributed by atoms with Crippen LogP contribution < -0.4 is 10.2 Å². The molecule has 2 heterocycles. The molecular weight excluding hydrogens is 430 g/mol. The van der Waals surface area contributed by atoms with Gasteiger partial charge in [-0.1, -0.05) is 32.0 Å². The standard InChI is InChI=1S/C27H27N3O2S/c1-17(2)16-32-21-12-10-20(11-13-21)19(4)29-30-27(31)23-15-25(26-14-9-18(3)33-26)28-24-8-6-5-7-22(23)24/h5-15,17H,16H2,1-4H3,(H,30,31)/b29-19-. The summed E-state index contributed by atoms with van der Waals surface area (Å²) >= 11 is 1.66. The smallest absolute Gasteiger partial charge is 0.272 e. The SMILES string of the molecule is C/C(=N/NC(=O)c1cc(-c2ccc(C)s2)nc2ccccc12)c1ccc(OCC(C)C)cc1. The highest BCUT2D eigenvalue weighted by atomic mass is 32.1. The van der Waals surface area contributed by atoms with Crippen LogP contribution in [0.2, 0.25) is 0 Å². The van der Waals surface area contributed by atoms with E-state index in [9.17, 15) is 4.79 Å². The van der Waals surface area contributed by atoms with E-state index in [1.807, 2.05) is 67.6 Å². The maximum atomic E-state index is 13.1. The molecule has 0 radical (unpaired) electrons. The van der Waals surface area contributed by atoms with Gasteiger partial charge in [-0.05, 0) is 73.9 Å². The number of nitrogens with one attached hydrogen (secondary N) is 1. The van der Waals surface area contributed by atoms with Gasteiger partial charge in [-0.3, -0.25) is 4.79 Å². The summed E-state index contributed by atoms with van der Waals surface area (Å²) in [5.74, 6) is 1.03. The number of thiophene rings is 1. The number of carbonyl (C=O) groups excluding carboxylic acids is 1. The zero-order valence-corrected chi connectivity index (χ0v) is 20.1. The lowest BCUT2D eigenvalue weighted by molar-refractivity contribution is 0.0956. The number of amides is 1. The molecule has 0 aliphatic rings. The lowest BCUT2D eigenvalue weighted by Gasteiger charge is -2.10. The summed E-state index contributed by atoms with van der Waals surface area (Å²) in [5, 5.41) is 5.14. The van der Waals surface area contributed by atoms with E-state index in [0.29, 0.717) is 23.8 Å². The van der Waals surface area contributed by atoms with Crippen molar-refractivity contribution in [2.75, 3.05) is 6.61 Å². The first-order valence-corrected chi connectivity index (χ1v) is 11.8. The first kappa shape index (κ1) is 22.7. The highest BCUT2D eigenvalue weighted by molar-refractivity contribution is 7.15. The summed E-state index contributed by atoms with van der Waals surface area (Å²) in [6.07, 6.45) is 0. The number of ether oxygens (including phenoxy) is 1. The highest BCUT2D eigenvalue weighted by Gasteiger charge is 2.14. The van der Waals surface area contributed by atoms with Gasteiger partial charge >= 0.3 is 0 Å². The van der Waals surface area contributed by atoms with Crippen molar-refractivity contribution in [2.24, 2.45) is 11.0 Å². The minimum atomic E-state index is -0.264. The summed E-state index contributed by atoms with van der Waals surface area (Å²) < 4.78 is 5.73. The second kappa shape index (κ2) is 9.96. The maximum Gasteiger partial charge on any atom is 0.272 e. The van der Waals surface area contributed by atoms with Gasteiger partial charge in [-0.15, -0.1) is 11.3 Å². The molecule has 5 nitrogen and oxygen atoms in total. The van der Waals surface area contributed by atoms with Gasteiger partial charge in [0.15, 0.2) is 0 Å². The Morgan fingerprint density at radius 3 is 2.55 bits per heavy atom. The third-order valence-corrected chi connectivity index (χ3v) is 6.16. The molecule has 0 atom stereocenters. The van der Waals surface area contributed by atoms with Gasteiger partial charge in [0.05, 0.1) is 34.0 Å². The number of fused-ring (bicyclic) bond motifs is 1. The molecule has 0 fully saturated rings. The van der Waals surface area contributed by atoms with E-state index in [2.05, 4.69) is 37.4 Å². The van der Waals surface area contributed by atoms with Crippen LogP contribution in [0, 0.1) is 12.8 Å². The van der Waals surface area contributed by atoms with Crippen LogP contribution in [0.1, 0.15) is 41.6 Å². The highest BCUT2D eigenvalue weighted by Crippen LogP contribution is 2.29. The zero-order chi connectivity index (χ0) is 23.4. The molecular formula is C27H27N3O2S. The second-order valence-corrected chi connectivity index (χ2v) is 9.64. The van der Waals surface area contributed by atoms with Crippen molar-refractivity contribution in [1.29, 1.82) is 0 Å². The molecule has 2 aromatic carbocycles. The lowest BCUT2D eigenvalue weighted by atomic mass is 10.1. The summed E-state index contributed by atoms with van der Waals surface area (Å²) in [7, 11) is 0. The molecule has 0 bridgehead atoms. The summed E-state index contributed by atoms with van der Waals surface area (Å²) in [4.78, 5) is 20.1. The van der Waals surface area contributed by atoms with Gasteiger partial charge in [0.25, 0.3) is 5.91 Å². The van der Waals surface area contributed by atoms with Gasteiger partial charge in [0.2, 0.25) is 0 Å². The van der Waals surface area contributed by atoms with E-state index < -0.39 is 0 Å². The molecule has 6 heteroatoms. The van der Waals surface area contributed by atoms with Crippen molar-refractivity contribution in [1.82, 2.24) is 10.4 Å². The molecule has 2 aromatic heterocycles. The van der Waals surface area contributed by atoms with Crippen LogP contribution in [-0.4, -0.2) is 23.2 Å². The first-order chi connectivity index (χ1) is 15.9. The Bertz CT molecular complexity index is 1310. The van der Waals surface area contributed by atoms with E-state index in [0.717, 1.165) is 32.8 Å². The minimum absolute atomic E-state index is 0.264. The van der Waals surface area contributed by atoms with Crippen LogP contribution in [0.15, 0.2) is 71.8 Å². The number of benzene rings is 2. The predicted molar refractivity (Wildman–Crippen MR) is 136 cm³/mol. The Morgan fingerprint density at radius 1 is 1.09 bits per heavy atom. The summed E-state index contributed by atoms with van der Waals surface area (Å²) in [5.41, 5.74) is 6.47. The molecule has 1 amide bonds. The molecule has 168 valence electrons. The topological polar surface area (TPSA) is 63.6 Å². The maximum absolute atomic E-state index is 13.1.